The molecule has 3 aromatic rings. The van der Waals surface area contributed by atoms with Crippen LogP contribution in [0, 0.1) is 6.92 Å². The summed E-state index contributed by atoms with van der Waals surface area (Å²) in [7, 11) is -3.71. The van der Waals surface area contributed by atoms with E-state index in [1.165, 1.54) is 4.31 Å². The lowest BCUT2D eigenvalue weighted by molar-refractivity contribution is 0.0696. The summed E-state index contributed by atoms with van der Waals surface area (Å²) in [5.74, 6) is -0.0531. The largest absolute Gasteiger partial charge is 0.336 e. The van der Waals surface area contributed by atoms with E-state index in [-0.39, 0.29) is 23.9 Å². The van der Waals surface area contributed by atoms with Gasteiger partial charge in [-0.15, -0.1) is 0 Å². The van der Waals surface area contributed by atoms with Crippen molar-refractivity contribution in [3.63, 3.8) is 0 Å². The number of hydrogen-bond acceptors (Lipinski definition) is 5. The van der Waals surface area contributed by atoms with Gasteiger partial charge in [-0.25, -0.2) is 8.42 Å². The van der Waals surface area contributed by atoms with Gasteiger partial charge in [0.15, 0.2) is 0 Å². The zero-order valence-electron chi connectivity index (χ0n) is 17.5. The van der Waals surface area contributed by atoms with Crippen LogP contribution in [-0.2, 0) is 23.0 Å². The number of hydrogen-bond donors (Lipinski definition) is 0. The Hall–Kier alpha value is -2.78. The summed E-state index contributed by atoms with van der Waals surface area (Å²) in [5, 5.41) is 5.16. The average molecular weight is 440 g/mol. The van der Waals surface area contributed by atoms with Crippen molar-refractivity contribution in [3.05, 3.63) is 53.5 Å². The summed E-state index contributed by atoms with van der Waals surface area (Å²) in [6.45, 7) is 3.95. The molecule has 8 nitrogen and oxygen atoms in total. The third-order valence-electron chi connectivity index (χ3n) is 6.18. The number of benzene rings is 1. The van der Waals surface area contributed by atoms with Gasteiger partial charge in [0, 0.05) is 43.8 Å². The first-order chi connectivity index (χ1) is 14.9. The van der Waals surface area contributed by atoms with Gasteiger partial charge in [-0.05, 0) is 38.3 Å². The molecule has 1 saturated heterocycles. The number of amides is 1. The first-order valence-electron chi connectivity index (χ1n) is 10.7. The molecule has 1 fully saturated rings. The third kappa shape index (κ3) is 3.51. The van der Waals surface area contributed by atoms with Crippen molar-refractivity contribution in [1.82, 2.24) is 24.0 Å². The van der Waals surface area contributed by atoms with Crippen LogP contribution in [0.3, 0.4) is 0 Å². The van der Waals surface area contributed by atoms with Crippen molar-refractivity contribution in [2.45, 2.75) is 37.6 Å². The maximum Gasteiger partial charge on any atom is 0.257 e. The van der Waals surface area contributed by atoms with E-state index in [2.05, 4.69) is 10.1 Å². The fraction of sp³-hybridized carbons (Fsp3) is 0.409. The molecule has 4 heterocycles. The highest BCUT2D eigenvalue weighted by atomic mass is 32.2. The molecule has 2 aliphatic heterocycles. The molecule has 2 aromatic heterocycles. The van der Waals surface area contributed by atoms with Crippen LogP contribution in [0.4, 0.5) is 0 Å². The Morgan fingerprint density at radius 2 is 1.81 bits per heavy atom. The number of aromatic nitrogens is 3. The molecule has 0 spiro atoms. The van der Waals surface area contributed by atoms with Crippen molar-refractivity contribution in [2.24, 2.45) is 0 Å². The Bertz CT molecular complexity index is 1260. The highest BCUT2D eigenvalue weighted by Crippen LogP contribution is 2.26. The number of piperazine rings is 1. The lowest BCUT2D eigenvalue weighted by Crippen LogP contribution is -2.50. The summed E-state index contributed by atoms with van der Waals surface area (Å²) in [5.41, 5.74) is 2.93. The van der Waals surface area contributed by atoms with Crippen molar-refractivity contribution in [3.8, 4) is 0 Å². The number of para-hydroxylation sites is 1. The monoisotopic (exact) mass is 439 g/mol. The van der Waals surface area contributed by atoms with Gasteiger partial charge in [0.05, 0.1) is 23.0 Å². The van der Waals surface area contributed by atoms with E-state index >= 15 is 0 Å². The van der Waals surface area contributed by atoms with Crippen LogP contribution in [-0.4, -0.2) is 64.5 Å². The highest BCUT2D eigenvalue weighted by Gasteiger charge is 2.33. The minimum Gasteiger partial charge on any atom is -0.336 e. The number of sulfonamides is 1. The van der Waals surface area contributed by atoms with E-state index in [9.17, 15) is 13.2 Å². The van der Waals surface area contributed by atoms with E-state index in [0.29, 0.717) is 24.2 Å². The molecule has 2 aliphatic rings. The number of rotatable bonds is 3. The number of pyridine rings is 1. The van der Waals surface area contributed by atoms with Gasteiger partial charge in [0.1, 0.15) is 4.90 Å². The summed E-state index contributed by atoms with van der Waals surface area (Å²) in [6, 6.07) is 8.98. The second-order valence-electron chi connectivity index (χ2n) is 8.16. The Kier molecular flexibility index (Phi) is 5.02. The first-order valence-corrected chi connectivity index (χ1v) is 12.1. The average Bonchev–Trinajstić information content (AvgIpc) is 3.22. The molecular formula is C22H25N5O3S. The van der Waals surface area contributed by atoms with Crippen LogP contribution in [0.25, 0.3) is 10.9 Å². The molecule has 162 valence electrons. The number of fused-ring (bicyclic) bond motifs is 2. The standard InChI is InChI=1S/C22H25N5O3S/c1-16-8-9-17-5-4-7-20(21(17)24-16)31(29,30)26-13-11-25(12-14-26)22(28)18-15-23-27-10-3-2-6-19(18)27/h4-5,7-9,15H,2-3,6,10-14H2,1H3. The number of aryl methyl sites for hydroxylation is 2. The highest BCUT2D eigenvalue weighted by molar-refractivity contribution is 7.89. The molecular weight excluding hydrogens is 414 g/mol. The Balaban J connectivity index is 1.35. The molecule has 0 N–H and O–H groups in total. The smallest absolute Gasteiger partial charge is 0.257 e. The minimum absolute atomic E-state index is 0.0531. The molecule has 0 bridgehead atoms. The van der Waals surface area contributed by atoms with Crippen molar-refractivity contribution in [1.29, 1.82) is 0 Å². The number of nitrogens with zero attached hydrogens (tertiary/aromatic N) is 5. The molecule has 31 heavy (non-hydrogen) atoms. The van der Waals surface area contributed by atoms with Crippen molar-refractivity contribution in [2.75, 3.05) is 26.2 Å². The summed E-state index contributed by atoms with van der Waals surface area (Å²) >= 11 is 0. The Labute approximate surface area is 181 Å². The van der Waals surface area contributed by atoms with Crippen molar-refractivity contribution < 1.29 is 13.2 Å². The Morgan fingerprint density at radius 3 is 2.61 bits per heavy atom. The zero-order valence-corrected chi connectivity index (χ0v) is 18.3. The second-order valence-corrected chi connectivity index (χ2v) is 10.1. The number of carbonyl (C=O) groups excluding carboxylic acids is 1. The van der Waals surface area contributed by atoms with E-state index in [4.69, 9.17) is 0 Å². The lowest BCUT2D eigenvalue weighted by Gasteiger charge is -2.34. The molecule has 9 heteroatoms. The van der Waals surface area contributed by atoms with E-state index in [1.54, 1.807) is 23.2 Å². The van der Waals surface area contributed by atoms with Crippen LogP contribution in [0.1, 0.15) is 34.6 Å². The van der Waals surface area contributed by atoms with E-state index < -0.39 is 10.0 Å². The molecule has 5 rings (SSSR count). The Morgan fingerprint density at radius 1 is 1.00 bits per heavy atom. The van der Waals surface area contributed by atoms with Crippen LogP contribution in [0.2, 0.25) is 0 Å². The van der Waals surface area contributed by atoms with Crippen LogP contribution < -0.4 is 0 Å². The van der Waals surface area contributed by atoms with Gasteiger partial charge in [-0.3, -0.25) is 14.5 Å². The summed E-state index contributed by atoms with van der Waals surface area (Å²) in [4.78, 5) is 19.5. The quantitative estimate of drug-likeness (QED) is 0.624. The minimum atomic E-state index is -3.71. The summed E-state index contributed by atoms with van der Waals surface area (Å²) in [6.07, 6.45) is 4.68. The van der Waals surface area contributed by atoms with E-state index in [1.807, 2.05) is 29.8 Å². The first kappa shape index (κ1) is 20.1. The molecule has 1 amide bonds. The summed E-state index contributed by atoms with van der Waals surface area (Å²) < 4.78 is 30.1. The molecule has 0 atom stereocenters. The fourth-order valence-electron chi connectivity index (χ4n) is 4.47. The van der Waals surface area contributed by atoms with Gasteiger partial charge in [0.25, 0.3) is 5.91 Å². The van der Waals surface area contributed by atoms with Crippen LogP contribution >= 0.6 is 0 Å². The predicted octanol–water partition coefficient (Wildman–Crippen LogP) is 2.22. The maximum atomic E-state index is 13.4. The van der Waals surface area contributed by atoms with Gasteiger partial charge in [0.2, 0.25) is 10.0 Å². The maximum absolute atomic E-state index is 13.4. The lowest BCUT2D eigenvalue weighted by atomic mass is 10.1. The van der Waals surface area contributed by atoms with Gasteiger partial charge in [-0.2, -0.15) is 9.40 Å². The molecule has 0 unspecified atom stereocenters. The molecule has 1 aromatic carbocycles. The van der Waals surface area contributed by atoms with Crippen LogP contribution in [0.15, 0.2) is 41.4 Å². The van der Waals surface area contributed by atoms with Gasteiger partial charge in [-0.1, -0.05) is 18.2 Å². The third-order valence-corrected chi connectivity index (χ3v) is 8.11. The fourth-order valence-corrected chi connectivity index (χ4v) is 6.05. The van der Waals surface area contributed by atoms with Gasteiger partial charge >= 0.3 is 0 Å². The number of carbonyl (C=O) groups is 1. The van der Waals surface area contributed by atoms with Crippen molar-refractivity contribution >= 4 is 26.8 Å². The SMILES string of the molecule is Cc1ccc2cccc(S(=O)(=O)N3CCN(C(=O)c4cnn5c4CCCC5)CC3)c2n1. The molecule has 0 aliphatic carbocycles. The second kappa shape index (κ2) is 7.72. The molecule has 0 saturated carbocycles. The zero-order chi connectivity index (χ0) is 21.6. The predicted molar refractivity (Wildman–Crippen MR) is 116 cm³/mol. The topological polar surface area (TPSA) is 88.4 Å². The van der Waals surface area contributed by atoms with Gasteiger partial charge < -0.3 is 4.90 Å². The normalized spacial score (nSPS) is 17.6. The molecule has 0 radical (unpaired) electrons. The van der Waals surface area contributed by atoms with E-state index in [0.717, 1.165) is 42.6 Å². The van der Waals surface area contributed by atoms with Crippen LogP contribution in [0.5, 0.6) is 0 Å².